The van der Waals surface area contributed by atoms with Gasteiger partial charge in [0.05, 0.1) is 5.25 Å². The highest BCUT2D eigenvalue weighted by molar-refractivity contribution is 8.00. The number of amides is 1. The standard InChI is InChI=1S/C21H22ClN3O2S/c1-12(2)17-7-5-6-13(3)18(17)23-19(26)14(4)28-21-25-24-20(27-21)15-8-10-16(22)11-9-15/h5-12,14H,1-4H3,(H,23,26)/t14-/m1/s1. The number of aromatic nitrogens is 2. The van der Waals surface area contributed by atoms with Crippen LogP contribution in [-0.2, 0) is 4.79 Å². The van der Waals surface area contributed by atoms with Crippen LogP contribution in [0, 0.1) is 6.92 Å². The number of aryl methyl sites for hydroxylation is 1. The minimum absolute atomic E-state index is 0.104. The summed E-state index contributed by atoms with van der Waals surface area (Å²) >= 11 is 7.13. The molecule has 3 rings (SSSR count). The molecule has 146 valence electrons. The van der Waals surface area contributed by atoms with Crippen LogP contribution >= 0.6 is 23.4 Å². The summed E-state index contributed by atoms with van der Waals surface area (Å²) < 4.78 is 5.68. The number of benzene rings is 2. The molecule has 0 radical (unpaired) electrons. The molecule has 3 aromatic rings. The zero-order valence-electron chi connectivity index (χ0n) is 16.2. The first kappa shape index (κ1) is 20.4. The number of para-hydroxylation sites is 1. The van der Waals surface area contributed by atoms with Crippen molar-refractivity contribution in [3.05, 3.63) is 58.6 Å². The van der Waals surface area contributed by atoms with Gasteiger partial charge in [0.2, 0.25) is 11.8 Å². The average Bonchev–Trinajstić information content (AvgIpc) is 3.12. The van der Waals surface area contributed by atoms with E-state index in [1.54, 1.807) is 12.1 Å². The molecule has 0 fully saturated rings. The minimum atomic E-state index is -0.391. The maximum absolute atomic E-state index is 12.7. The minimum Gasteiger partial charge on any atom is -0.411 e. The molecule has 0 spiro atoms. The molecule has 0 bridgehead atoms. The quantitative estimate of drug-likeness (QED) is 0.504. The Balaban J connectivity index is 1.69. The third kappa shape index (κ3) is 4.75. The van der Waals surface area contributed by atoms with Gasteiger partial charge >= 0.3 is 0 Å². The number of halogens is 1. The maximum Gasteiger partial charge on any atom is 0.277 e. The molecule has 0 saturated carbocycles. The summed E-state index contributed by atoms with van der Waals surface area (Å²) in [7, 11) is 0. The zero-order valence-corrected chi connectivity index (χ0v) is 17.8. The second-order valence-electron chi connectivity index (χ2n) is 6.82. The molecule has 1 N–H and O–H groups in total. The first-order chi connectivity index (χ1) is 13.3. The molecule has 1 aromatic heterocycles. The van der Waals surface area contributed by atoms with E-state index in [2.05, 4.69) is 29.4 Å². The molecule has 0 unspecified atom stereocenters. The van der Waals surface area contributed by atoms with Crippen LogP contribution in [0.15, 0.2) is 52.1 Å². The van der Waals surface area contributed by atoms with E-state index in [-0.39, 0.29) is 5.91 Å². The molecule has 1 heterocycles. The molecular formula is C21H22ClN3O2S. The number of nitrogens with zero attached hydrogens (tertiary/aromatic N) is 2. The average molecular weight is 416 g/mol. The van der Waals surface area contributed by atoms with E-state index in [0.29, 0.717) is 22.1 Å². The molecule has 1 atom stereocenters. The number of anilines is 1. The van der Waals surface area contributed by atoms with Crippen LogP contribution in [0.25, 0.3) is 11.5 Å². The SMILES string of the molecule is Cc1cccc(C(C)C)c1NC(=O)[C@@H](C)Sc1nnc(-c2ccc(Cl)cc2)o1. The Bertz CT molecular complexity index is 970. The summed E-state index contributed by atoms with van der Waals surface area (Å²) in [6.07, 6.45) is 0. The summed E-state index contributed by atoms with van der Waals surface area (Å²) in [6.45, 7) is 8.04. The summed E-state index contributed by atoms with van der Waals surface area (Å²) in [4.78, 5) is 12.7. The second-order valence-corrected chi connectivity index (χ2v) is 8.55. The Morgan fingerprint density at radius 2 is 1.82 bits per heavy atom. The summed E-state index contributed by atoms with van der Waals surface area (Å²) in [5.41, 5.74) is 3.82. The van der Waals surface area contributed by atoms with Gasteiger partial charge in [-0.2, -0.15) is 0 Å². The van der Waals surface area contributed by atoms with Crippen LogP contribution in [0.2, 0.25) is 5.02 Å². The van der Waals surface area contributed by atoms with Gasteiger partial charge in [0.15, 0.2) is 0 Å². The van der Waals surface area contributed by atoms with E-state index in [4.69, 9.17) is 16.0 Å². The molecule has 0 aliphatic carbocycles. The van der Waals surface area contributed by atoms with Crippen molar-refractivity contribution in [2.75, 3.05) is 5.32 Å². The van der Waals surface area contributed by atoms with Crippen molar-refractivity contribution in [3.63, 3.8) is 0 Å². The fourth-order valence-electron chi connectivity index (χ4n) is 2.74. The Morgan fingerprint density at radius 3 is 2.50 bits per heavy atom. The lowest BCUT2D eigenvalue weighted by Gasteiger charge is -2.18. The lowest BCUT2D eigenvalue weighted by atomic mass is 9.98. The molecule has 0 aliphatic heterocycles. The van der Waals surface area contributed by atoms with E-state index in [9.17, 15) is 4.79 Å². The lowest BCUT2D eigenvalue weighted by Crippen LogP contribution is -2.23. The van der Waals surface area contributed by atoms with Crippen LogP contribution in [0.1, 0.15) is 37.8 Å². The molecule has 2 aromatic carbocycles. The Kier molecular flexibility index (Phi) is 6.42. The normalized spacial score (nSPS) is 12.2. The number of nitrogens with one attached hydrogen (secondary N) is 1. The number of thioether (sulfide) groups is 1. The molecular weight excluding hydrogens is 394 g/mol. The fourth-order valence-corrected chi connectivity index (χ4v) is 3.55. The lowest BCUT2D eigenvalue weighted by molar-refractivity contribution is -0.115. The molecule has 7 heteroatoms. The molecule has 1 amide bonds. The smallest absolute Gasteiger partial charge is 0.277 e. The van der Waals surface area contributed by atoms with Crippen molar-refractivity contribution in [3.8, 4) is 11.5 Å². The van der Waals surface area contributed by atoms with Gasteiger partial charge in [0, 0.05) is 16.3 Å². The van der Waals surface area contributed by atoms with Crippen molar-refractivity contribution in [2.24, 2.45) is 0 Å². The third-order valence-electron chi connectivity index (χ3n) is 4.32. The molecule has 28 heavy (non-hydrogen) atoms. The monoisotopic (exact) mass is 415 g/mol. The van der Waals surface area contributed by atoms with Gasteiger partial charge in [-0.25, -0.2) is 0 Å². The van der Waals surface area contributed by atoms with Gasteiger partial charge in [-0.1, -0.05) is 55.4 Å². The number of rotatable bonds is 6. The van der Waals surface area contributed by atoms with Gasteiger partial charge in [0.1, 0.15) is 0 Å². The van der Waals surface area contributed by atoms with Crippen molar-refractivity contribution < 1.29 is 9.21 Å². The van der Waals surface area contributed by atoms with E-state index in [0.717, 1.165) is 22.4 Å². The van der Waals surface area contributed by atoms with Crippen molar-refractivity contribution in [1.82, 2.24) is 10.2 Å². The summed E-state index contributed by atoms with van der Waals surface area (Å²) in [5, 5.41) is 11.8. The first-order valence-corrected chi connectivity index (χ1v) is 10.3. The van der Waals surface area contributed by atoms with Gasteiger partial charge in [-0.05, 0) is 55.2 Å². The predicted octanol–water partition coefficient (Wildman–Crippen LogP) is 5.94. The highest BCUT2D eigenvalue weighted by Gasteiger charge is 2.21. The van der Waals surface area contributed by atoms with E-state index >= 15 is 0 Å². The summed E-state index contributed by atoms with van der Waals surface area (Å²) in [5.74, 6) is 0.608. The van der Waals surface area contributed by atoms with E-state index in [1.807, 2.05) is 44.2 Å². The third-order valence-corrected chi connectivity index (χ3v) is 5.51. The van der Waals surface area contributed by atoms with Crippen LogP contribution < -0.4 is 5.32 Å². The highest BCUT2D eigenvalue weighted by Crippen LogP contribution is 2.30. The van der Waals surface area contributed by atoms with Crippen molar-refractivity contribution in [2.45, 2.75) is 44.1 Å². The molecule has 5 nitrogen and oxygen atoms in total. The van der Waals surface area contributed by atoms with Crippen molar-refractivity contribution >= 4 is 35.0 Å². The van der Waals surface area contributed by atoms with Gasteiger partial charge in [-0.3, -0.25) is 4.79 Å². The number of carbonyl (C=O) groups excluding carboxylic acids is 1. The van der Waals surface area contributed by atoms with Crippen LogP contribution in [0.5, 0.6) is 0 Å². The zero-order chi connectivity index (χ0) is 20.3. The van der Waals surface area contributed by atoms with Crippen LogP contribution in [-0.4, -0.2) is 21.4 Å². The van der Waals surface area contributed by atoms with Gasteiger partial charge in [-0.15, -0.1) is 10.2 Å². The Morgan fingerprint density at radius 1 is 1.11 bits per heavy atom. The Labute approximate surface area is 173 Å². The van der Waals surface area contributed by atoms with Gasteiger partial charge < -0.3 is 9.73 Å². The van der Waals surface area contributed by atoms with Gasteiger partial charge in [0.25, 0.3) is 5.22 Å². The van der Waals surface area contributed by atoms with E-state index < -0.39 is 5.25 Å². The first-order valence-electron chi connectivity index (χ1n) is 9.01. The number of carbonyl (C=O) groups is 1. The molecule has 0 aliphatic rings. The summed E-state index contributed by atoms with van der Waals surface area (Å²) in [6, 6.07) is 13.2. The Hall–Kier alpha value is -2.31. The van der Waals surface area contributed by atoms with E-state index in [1.165, 1.54) is 11.8 Å². The number of hydrogen-bond donors (Lipinski definition) is 1. The second kappa shape index (κ2) is 8.80. The number of hydrogen-bond acceptors (Lipinski definition) is 5. The molecule has 0 saturated heterocycles. The largest absolute Gasteiger partial charge is 0.411 e. The topological polar surface area (TPSA) is 68.0 Å². The van der Waals surface area contributed by atoms with Crippen LogP contribution in [0.3, 0.4) is 0 Å². The fraction of sp³-hybridized carbons (Fsp3) is 0.286. The maximum atomic E-state index is 12.7. The van der Waals surface area contributed by atoms with Crippen molar-refractivity contribution in [1.29, 1.82) is 0 Å². The predicted molar refractivity (Wildman–Crippen MR) is 114 cm³/mol. The highest BCUT2D eigenvalue weighted by atomic mass is 35.5. The van der Waals surface area contributed by atoms with Crippen LogP contribution in [0.4, 0.5) is 5.69 Å².